The lowest BCUT2D eigenvalue weighted by Crippen LogP contribution is -2.10. The van der Waals surface area contributed by atoms with Crippen molar-refractivity contribution in [1.29, 1.82) is 0 Å². The van der Waals surface area contributed by atoms with Crippen LogP contribution in [0.1, 0.15) is 38.8 Å². The molecule has 33 heavy (non-hydrogen) atoms. The number of nitrogens with zero attached hydrogens (tertiary/aromatic N) is 1. The minimum atomic E-state index is -0.820. The predicted molar refractivity (Wildman–Crippen MR) is 123 cm³/mol. The van der Waals surface area contributed by atoms with Crippen LogP contribution in [0.4, 0.5) is 4.39 Å². The second kappa shape index (κ2) is 8.06. The fourth-order valence-electron chi connectivity index (χ4n) is 4.12. The van der Waals surface area contributed by atoms with Gasteiger partial charge in [-0.15, -0.1) is 0 Å². The summed E-state index contributed by atoms with van der Waals surface area (Å²) >= 11 is 0. The van der Waals surface area contributed by atoms with Crippen molar-refractivity contribution in [1.82, 2.24) is 4.57 Å². The van der Waals surface area contributed by atoms with E-state index >= 15 is 0 Å². The normalized spacial score (nSPS) is 13.9. The van der Waals surface area contributed by atoms with Gasteiger partial charge in [-0.2, -0.15) is 0 Å². The SMILES string of the molecule is CCn1cc(/C=C2\Oc3cc(OC(=O)c4ccccc4F)cc(C)c3C2=O)c2ccccc21. The van der Waals surface area contributed by atoms with Gasteiger partial charge in [0.15, 0.2) is 5.76 Å². The molecule has 2 heterocycles. The maximum atomic E-state index is 13.9. The number of para-hydroxylation sites is 1. The molecule has 0 bridgehead atoms. The number of halogens is 1. The first kappa shape index (κ1) is 20.7. The molecular weight excluding hydrogens is 421 g/mol. The second-order valence-electron chi connectivity index (χ2n) is 7.81. The van der Waals surface area contributed by atoms with E-state index in [1.165, 1.54) is 24.3 Å². The fourth-order valence-corrected chi connectivity index (χ4v) is 4.12. The number of aryl methyl sites for hydroxylation is 2. The van der Waals surface area contributed by atoms with Gasteiger partial charge in [0, 0.05) is 35.3 Å². The van der Waals surface area contributed by atoms with Gasteiger partial charge in [0.2, 0.25) is 5.78 Å². The lowest BCUT2D eigenvalue weighted by atomic mass is 10.0. The molecule has 0 saturated heterocycles. The van der Waals surface area contributed by atoms with Crippen LogP contribution in [0.3, 0.4) is 0 Å². The van der Waals surface area contributed by atoms with Gasteiger partial charge in [0.25, 0.3) is 0 Å². The number of hydrogen-bond acceptors (Lipinski definition) is 4. The van der Waals surface area contributed by atoms with Gasteiger partial charge in [-0.3, -0.25) is 4.79 Å². The van der Waals surface area contributed by atoms with Crippen molar-refractivity contribution in [2.75, 3.05) is 0 Å². The number of aromatic nitrogens is 1. The molecular formula is C27H20FNO4. The summed E-state index contributed by atoms with van der Waals surface area (Å²) in [5.74, 6) is -1.03. The number of Topliss-reactive ketones (excluding diaryl/α,β-unsaturated/α-hetero) is 1. The number of carbonyl (C=O) groups excluding carboxylic acids is 2. The van der Waals surface area contributed by atoms with Gasteiger partial charge < -0.3 is 14.0 Å². The highest BCUT2D eigenvalue weighted by Crippen LogP contribution is 2.38. The zero-order valence-corrected chi connectivity index (χ0v) is 18.1. The molecule has 0 spiro atoms. The number of benzene rings is 3. The highest BCUT2D eigenvalue weighted by atomic mass is 19.1. The Bertz CT molecular complexity index is 1460. The van der Waals surface area contributed by atoms with Crippen molar-refractivity contribution in [2.45, 2.75) is 20.4 Å². The lowest BCUT2D eigenvalue weighted by Gasteiger charge is -2.08. The Morgan fingerprint density at radius 2 is 1.88 bits per heavy atom. The zero-order valence-electron chi connectivity index (χ0n) is 18.1. The monoisotopic (exact) mass is 441 g/mol. The summed E-state index contributed by atoms with van der Waals surface area (Å²) < 4.78 is 27.3. The van der Waals surface area contributed by atoms with Crippen LogP contribution in [0.25, 0.3) is 17.0 Å². The number of rotatable bonds is 4. The van der Waals surface area contributed by atoms with Crippen LogP contribution in [0.5, 0.6) is 11.5 Å². The van der Waals surface area contributed by atoms with Crippen LogP contribution in [-0.4, -0.2) is 16.3 Å². The van der Waals surface area contributed by atoms with Gasteiger partial charge in [-0.05, 0) is 49.8 Å². The molecule has 0 aliphatic carbocycles. The van der Waals surface area contributed by atoms with E-state index in [0.29, 0.717) is 16.9 Å². The molecule has 5 rings (SSSR count). The molecule has 1 aromatic heterocycles. The molecule has 6 heteroatoms. The Labute approximate surface area is 189 Å². The summed E-state index contributed by atoms with van der Waals surface area (Å²) in [7, 11) is 0. The quantitative estimate of drug-likeness (QED) is 0.223. The van der Waals surface area contributed by atoms with Crippen LogP contribution >= 0.6 is 0 Å². The molecule has 0 N–H and O–H groups in total. The Hall–Kier alpha value is -4.19. The maximum absolute atomic E-state index is 13.9. The lowest BCUT2D eigenvalue weighted by molar-refractivity contribution is 0.0729. The Morgan fingerprint density at radius 1 is 1.12 bits per heavy atom. The zero-order chi connectivity index (χ0) is 23.1. The fraction of sp³-hybridized carbons (Fsp3) is 0.111. The second-order valence-corrected chi connectivity index (χ2v) is 7.81. The Kier molecular flexibility index (Phi) is 5.05. The highest BCUT2D eigenvalue weighted by Gasteiger charge is 2.31. The summed E-state index contributed by atoms with van der Waals surface area (Å²) in [6, 6.07) is 16.6. The summed E-state index contributed by atoms with van der Waals surface area (Å²) in [5.41, 5.74) is 2.82. The van der Waals surface area contributed by atoms with E-state index in [4.69, 9.17) is 9.47 Å². The topological polar surface area (TPSA) is 57.5 Å². The van der Waals surface area contributed by atoms with Crippen molar-refractivity contribution in [3.8, 4) is 11.5 Å². The van der Waals surface area contributed by atoms with E-state index < -0.39 is 11.8 Å². The van der Waals surface area contributed by atoms with Crippen LogP contribution in [0.2, 0.25) is 0 Å². The van der Waals surface area contributed by atoms with Crippen molar-refractivity contribution < 1.29 is 23.5 Å². The third-order valence-corrected chi connectivity index (χ3v) is 5.69. The summed E-state index contributed by atoms with van der Waals surface area (Å²) in [6.07, 6.45) is 3.73. The minimum absolute atomic E-state index is 0.166. The van der Waals surface area contributed by atoms with E-state index in [0.717, 1.165) is 23.0 Å². The van der Waals surface area contributed by atoms with Crippen LogP contribution < -0.4 is 9.47 Å². The number of ketones is 1. The van der Waals surface area contributed by atoms with E-state index in [-0.39, 0.29) is 22.9 Å². The number of hydrogen-bond donors (Lipinski definition) is 0. The largest absolute Gasteiger partial charge is 0.452 e. The molecule has 1 aliphatic heterocycles. The summed E-state index contributed by atoms with van der Waals surface area (Å²) in [4.78, 5) is 25.5. The Morgan fingerprint density at radius 3 is 2.67 bits per heavy atom. The number of esters is 1. The molecule has 0 saturated carbocycles. The van der Waals surface area contributed by atoms with Crippen LogP contribution in [0.15, 0.2) is 72.6 Å². The van der Waals surface area contributed by atoms with Gasteiger partial charge in [0.1, 0.15) is 17.3 Å². The minimum Gasteiger partial charge on any atom is -0.452 e. The standard InChI is InChI=1S/C27H20FNO4/c1-3-29-15-17(19-8-5-7-11-22(19)29)13-24-26(30)25-16(2)12-18(14-23(25)33-24)32-27(31)20-9-4-6-10-21(20)28/h4-15H,3H2,1-2H3/b24-13-. The highest BCUT2D eigenvalue weighted by molar-refractivity contribution is 6.16. The molecule has 0 unspecified atom stereocenters. The number of ether oxygens (including phenoxy) is 2. The molecule has 0 atom stereocenters. The van der Waals surface area contributed by atoms with Crippen molar-refractivity contribution >= 4 is 28.7 Å². The number of carbonyl (C=O) groups is 2. The predicted octanol–water partition coefficient (Wildman–Crippen LogP) is 5.94. The molecule has 3 aromatic carbocycles. The van der Waals surface area contributed by atoms with Gasteiger partial charge in [-0.25, -0.2) is 9.18 Å². The number of fused-ring (bicyclic) bond motifs is 2. The molecule has 0 amide bonds. The average molecular weight is 441 g/mol. The first-order valence-corrected chi connectivity index (χ1v) is 10.6. The van der Waals surface area contributed by atoms with Gasteiger partial charge in [-0.1, -0.05) is 30.3 Å². The van der Waals surface area contributed by atoms with E-state index in [9.17, 15) is 14.0 Å². The molecule has 0 fully saturated rings. The van der Waals surface area contributed by atoms with E-state index in [1.807, 2.05) is 30.5 Å². The van der Waals surface area contributed by atoms with Gasteiger partial charge in [0.05, 0.1) is 11.1 Å². The van der Waals surface area contributed by atoms with Crippen LogP contribution in [-0.2, 0) is 6.54 Å². The molecule has 5 nitrogen and oxygen atoms in total. The Balaban J connectivity index is 1.47. The average Bonchev–Trinajstić information content (AvgIpc) is 3.31. The van der Waals surface area contributed by atoms with Crippen molar-refractivity contribution in [2.24, 2.45) is 0 Å². The van der Waals surface area contributed by atoms with E-state index in [1.54, 1.807) is 25.1 Å². The first-order chi connectivity index (χ1) is 16.0. The smallest absolute Gasteiger partial charge is 0.346 e. The molecule has 164 valence electrons. The molecule has 1 aliphatic rings. The summed E-state index contributed by atoms with van der Waals surface area (Å²) in [6.45, 7) is 4.60. The van der Waals surface area contributed by atoms with Crippen molar-refractivity contribution in [3.05, 3.63) is 101 Å². The van der Waals surface area contributed by atoms with Crippen LogP contribution in [0, 0.1) is 12.7 Å². The third kappa shape index (κ3) is 3.59. The van der Waals surface area contributed by atoms with Gasteiger partial charge >= 0.3 is 5.97 Å². The summed E-state index contributed by atoms with van der Waals surface area (Å²) in [5, 5.41) is 1.02. The maximum Gasteiger partial charge on any atom is 0.346 e. The first-order valence-electron chi connectivity index (χ1n) is 10.6. The number of allylic oxidation sites excluding steroid dienone is 1. The third-order valence-electron chi connectivity index (χ3n) is 5.69. The van der Waals surface area contributed by atoms with E-state index in [2.05, 4.69) is 11.5 Å². The van der Waals surface area contributed by atoms with Crippen molar-refractivity contribution in [3.63, 3.8) is 0 Å². The molecule has 0 radical (unpaired) electrons. The molecule has 4 aromatic rings.